The highest BCUT2D eigenvalue weighted by Crippen LogP contribution is 2.30. The summed E-state index contributed by atoms with van der Waals surface area (Å²) in [4.78, 5) is 0. The minimum Gasteiger partial charge on any atom is -0.310 e. The Hall–Kier alpha value is -0.430. The molecule has 20 heavy (non-hydrogen) atoms. The molecule has 0 bridgehead atoms. The molecule has 2 rings (SSSR count). The van der Waals surface area contributed by atoms with E-state index in [1.54, 1.807) is 13.1 Å². The number of hydrogen-bond donors (Lipinski definition) is 1. The van der Waals surface area contributed by atoms with Crippen molar-refractivity contribution >= 4 is 21.4 Å². The molecule has 4 nitrogen and oxygen atoms in total. The van der Waals surface area contributed by atoms with Crippen molar-refractivity contribution in [2.75, 3.05) is 13.6 Å². The van der Waals surface area contributed by atoms with E-state index >= 15 is 0 Å². The molecule has 0 aromatic carbocycles. The van der Waals surface area contributed by atoms with Gasteiger partial charge in [-0.05, 0) is 35.8 Å². The van der Waals surface area contributed by atoms with Gasteiger partial charge in [-0.25, -0.2) is 8.42 Å². The van der Waals surface area contributed by atoms with Crippen LogP contribution in [0, 0.1) is 5.92 Å². The number of sulfonamides is 1. The Morgan fingerprint density at radius 1 is 1.45 bits per heavy atom. The molecule has 1 aromatic rings. The first-order chi connectivity index (χ1) is 9.39. The van der Waals surface area contributed by atoms with Crippen LogP contribution in [0.4, 0.5) is 0 Å². The van der Waals surface area contributed by atoms with Crippen molar-refractivity contribution in [3.05, 3.63) is 17.0 Å². The molecule has 1 aliphatic carbocycles. The van der Waals surface area contributed by atoms with Crippen molar-refractivity contribution in [3.8, 4) is 0 Å². The summed E-state index contributed by atoms with van der Waals surface area (Å²) in [5.74, 6) is 0.553. The van der Waals surface area contributed by atoms with Crippen LogP contribution < -0.4 is 5.32 Å². The molecule has 0 amide bonds. The van der Waals surface area contributed by atoms with Gasteiger partial charge in [-0.15, -0.1) is 11.3 Å². The van der Waals surface area contributed by atoms with E-state index in [0.29, 0.717) is 22.7 Å². The zero-order chi connectivity index (χ0) is 14.8. The van der Waals surface area contributed by atoms with Gasteiger partial charge in [0.05, 0.1) is 0 Å². The fourth-order valence-corrected chi connectivity index (χ4v) is 4.86. The predicted molar refractivity (Wildman–Crippen MR) is 83.5 cm³/mol. The molecule has 0 atom stereocenters. The maximum atomic E-state index is 12.5. The molecule has 0 spiro atoms. The van der Waals surface area contributed by atoms with Gasteiger partial charge < -0.3 is 5.32 Å². The summed E-state index contributed by atoms with van der Waals surface area (Å²) in [6.07, 6.45) is 3.56. The second-order valence-electron chi connectivity index (χ2n) is 5.89. The molecule has 0 saturated heterocycles. The Morgan fingerprint density at radius 2 is 2.15 bits per heavy atom. The van der Waals surface area contributed by atoms with Gasteiger partial charge in [-0.3, -0.25) is 0 Å². The molecule has 1 aromatic heterocycles. The van der Waals surface area contributed by atoms with Gasteiger partial charge in [0.15, 0.2) is 0 Å². The van der Waals surface area contributed by atoms with Gasteiger partial charge in [-0.1, -0.05) is 20.3 Å². The summed E-state index contributed by atoms with van der Waals surface area (Å²) in [6.45, 7) is 5.53. The summed E-state index contributed by atoms with van der Waals surface area (Å²) in [5, 5.41) is 5.23. The van der Waals surface area contributed by atoms with Crippen molar-refractivity contribution < 1.29 is 8.42 Å². The highest BCUT2D eigenvalue weighted by Gasteiger charge is 2.27. The summed E-state index contributed by atoms with van der Waals surface area (Å²) in [5.41, 5.74) is 1.04. The minimum absolute atomic E-state index is 0.399. The highest BCUT2D eigenvalue weighted by atomic mass is 32.2. The smallest absolute Gasteiger partial charge is 0.252 e. The number of thiophene rings is 1. The fraction of sp³-hybridized carbons (Fsp3) is 0.714. The van der Waals surface area contributed by atoms with Crippen molar-refractivity contribution in [2.45, 2.75) is 49.9 Å². The van der Waals surface area contributed by atoms with Crippen LogP contribution in [0.1, 0.15) is 38.7 Å². The monoisotopic (exact) mass is 316 g/mol. The Kier molecular flexibility index (Phi) is 5.23. The lowest BCUT2D eigenvalue weighted by Crippen LogP contribution is -2.33. The van der Waals surface area contributed by atoms with Crippen LogP contribution in [-0.2, 0) is 16.6 Å². The number of nitrogens with zero attached hydrogens (tertiary/aromatic N) is 1. The third-order valence-electron chi connectivity index (χ3n) is 3.75. The first-order valence-electron chi connectivity index (χ1n) is 7.16. The molecule has 0 aliphatic heterocycles. The Morgan fingerprint density at radius 3 is 2.70 bits per heavy atom. The van der Waals surface area contributed by atoms with Crippen LogP contribution >= 0.6 is 11.3 Å². The van der Waals surface area contributed by atoms with Crippen LogP contribution in [-0.4, -0.2) is 32.4 Å². The van der Waals surface area contributed by atoms with E-state index in [-0.39, 0.29) is 0 Å². The van der Waals surface area contributed by atoms with Crippen LogP contribution in [0.3, 0.4) is 0 Å². The lowest BCUT2D eigenvalue weighted by Gasteiger charge is -2.29. The lowest BCUT2D eigenvalue weighted by atomic mass is 9.86. The average molecular weight is 316 g/mol. The quantitative estimate of drug-likeness (QED) is 0.841. The van der Waals surface area contributed by atoms with Gasteiger partial charge >= 0.3 is 0 Å². The first-order valence-corrected chi connectivity index (χ1v) is 9.48. The van der Waals surface area contributed by atoms with Gasteiger partial charge in [0, 0.05) is 26.2 Å². The van der Waals surface area contributed by atoms with Gasteiger partial charge in [0.25, 0.3) is 10.0 Å². The van der Waals surface area contributed by atoms with Crippen molar-refractivity contribution in [1.82, 2.24) is 9.62 Å². The number of hydrogen-bond acceptors (Lipinski definition) is 4. The number of rotatable bonds is 7. The second-order valence-corrected chi connectivity index (χ2v) is 9.08. The van der Waals surface area contributed by atoms with Gasteiger partial charge in [0.1, 0.15) is 4.21 Å². The summed E-state index contributed by atoms with van der Waals surface area (Å²) >= 11 is 1.32. The third-order valence-corrected chi connectivity index (χ3v) is 7.04. The molecule has 1 N–H and O–H groups in total. The van der Waals surface area contributed by atoms with Gasteiger partial charge in [0.2, 0.25) is 0 Å². The van der Waals surface area contributed by atoms with Crippen molar-refractivity contribution in [2.24, 2.45) is 5.92 Å². The van der Waals surface area contributed by atoms with E-state index < -0.39 is 10.0 Å². The normalized spacial score (nSPS) is 16.9. The maximum Gasteiger partial charge on any atom is 0.252 e. The number of nitrogens with one attached hydrogen (secondary N) is 1. The molecule has 0 radical (unpaired) electrons. The standard InChI is InChI=1S/C14H24N2O2S2/c1-11(2)15-8-13-7-14(19-10-13)20(17,18)16(3)9-12-5-4-6-12/h7,10-12,15H,4-6,8-9H2,1-3H3. The Labute approximate surface area is 126 Å². The van der Waals surface area contributed by atoms with E-state index in [1.165, 1.54) is 22.1 Å². The first kappa shape index (κ1) is 15.9. The molecule has 0 unspecified atom stereocenters. The van der Waals surface area contributed by atoms with Crippen LogP contribution in [0.25, 0.3) is 0 Å². The Bertz CT molecular complexity index is 533. The maximum absolute atomic E-state index is 12.5. The lowest BCUT2D eigenvalue weighted by molar-refractivity contribution is 0.263. The van der Waals surface area contributed by atoms with Crippen LogP contribution in [0.5, 0.6) is 0 Å². The molecule has 6 heteroatoms. The van der Waals surface area contributed by atoms with E-state index in [0.717, 1.165) is 24.9 Å². The third kappa shape index (κ3) is 3.81. The molecular weight excluding hydrogens is 292 g/mol. The summed E-state index contributed by atoms with van der Waals surface area (Å²) in [6, 6.07) is 2.20. The largest absolute Gasteiger partial charge is 0.310 e. The zero-order valence-electron chi connectivity index (χ0n) is 12.4. The average Bonchev–Trinajstić information content (AvgIpc) is 2.80. The van der Waals surface area contributed by atoms with E-state index in [9.17, 15) is 8.42 Å². The van der Waals surface area contributed by atoms with Crippen molar-refractivity contribution in [1.29, 1.82) is 0 Å². The predicted octanol–water partition coefficient (Wildman–Crippen LogP) is 2.67. The highest BCUT2D eigenvalue weighted by molar-refractivity contribution is 7.91. The molecular formula is C14H24N2O2S2. The molecule has 1 fully saturated rings. The zero-order valence-corrected chi connectivity index (χ0v) is 14.1. The van der Waals surface area contributed by atoms with E-state index in [1.807, 2.05) is 5.38 Å². The SMILES string of the molecule is CC(C)NCc1csc(S(=O)(=O)N(C)CC2CCC2)c1. The molecule has 1 aliphatic rings. The summed E-state index contributed by atoms with van der Waals surface area (Å²) in [7, 11) is -1.61. The minimum atomic E-state index is -3.30. The topological polar surface area (TPSA) is 49.4 Å². The fourth-order valence-electron chi connectivity index (χ4n) is 2.19. The molecule has 1 saturated carbocycles. The van der Waals surface area contributed by atoms with E-state index in [4.69, 9.17) is 0 Å². The van der Waals surface area contributed by atoms with Crippen LogP contribution in [0.2, 0.25) is 0 Å². The second kappa shape index (κ2) is 6.56. The van der Waals surface area contributed by atoms with E-state index in [2.05, 4.69) is 19.2 Å². The summed E-state index contributed by atoms with van der Waals surface area (Å²) < 4.78 is 26.9. The molecule has 1 heterocycles. The Balaban J connectivity index is 2.01. The molecule has 114 valence electrons. The van der Waals surface area contributed by atoms with Gasteiger partial charge in [-0.2, -0.15) is 4.31 Å². The van der Waals surface area contributed by atoms with Crippen LogP contribution in [0.15, 0.2) is 15.7 Å². The van der Waals surface area contributed by atoms with Crippen molar-refractivity contribution in [3.63, 3.8) is 0 Å².